The number of carbonyl (C=O) groups is 1. The van der Waals surface area contributed by atoms with Gasteiger partial charge in [-0.1, -0.05) is 63.3 Å². The van der Waals surface area contributed by atoms with Crippen LogP contribution in [0, 0.1) is 11.7 Å². The smallest absolute Gasteiger partial charge is 0.297 e. The summed E-state index contributed by atoms with van der Waals surface area (Å²) in [6.07, 6.45) is 0.737. The summed E-state index contributed by atoms with van der Waals surface area (Å²) in [5, 5.41) is 9.88. The highest BCUT2D eigenvalue weighted by atomic mass is 32.1. The van der Waals surface area contributed by atoms with Crippen LogP contribution in [0.1, 0.15) is 71.9 Å². The number of anilines is 1. The van der Waals surface area contributed by atoms with Crippen molar-refractivity contribution in [3.63, 3.8) is 0 Å². The van der Waals surface area contributed by atoms with Crippen molar-refractivity contribution in [2.24, 2.45) is 5.92 Å². The highest BCUT2D eigenvalue weighted by Crippen LogP contribution is 2.42. The lowest BCUT2D eigenvalue weighted by molar-refractivity contribution is 0.0970. The molecule has 4 aromatic rings. The minimum absolute atomic E-state index is 0.0392. The largest absolute Gasteiger partial charge is 0.450 e. The van der Waals surface area contributed by atoms with E-state index in [-0.39, 0.29) is 22.3 Å². The molecule has 0 spiro atoms. The van der Waals surface area contributed by atoms with E-state index < -0.39 is 23.2 Å². The first-order valence-electron chi connectivity index (χ1n) is 11.3. The number of aromatic nitrogens is 2. The fourth-order valence-corrected chi connectivity index (χ4v) is 5.37. The maximum absolute atomic E-state index is 14.0. The maximum Gasteiger partial charge on any atom is 0.297 e. The molecule has 0 radical (unpaired) electrons. The van der Waals surface area contributed by atoms with Crippen molar-refractivity contribution in [2.45, 2.75) is 46.1 Å². The molecule has 0 saturated heterocycles. The molecule has 2 aromatic carbocycles. The van der Waals surface area contributed by atoms with Gasteiger partial charge in [-0.3, -0.25) is 14.5 Å². The van der Waals surface area contributed by atoms with Crippen LogP contribution >= 0.6 is 11.3 Å². The van der Waals surface area contributed by atoms with E-state index in [9.17, 15) is 14.0 Å². The van der Waals surface area contributed by atoms with Gasteiger partial charge in [0, 0.05) is 6.42 Å². The van der Waals surface area contributed by atoms with Crippen LogP contribution in [0.15, 0.2) is 51.7 Å². The van der Waals surface area contributed by atoms with Crippen LogP contribution in [0.25, 0.3) is 11.0 Å². The Hall–Kier alpha value is -3.39. The Morgan fingerprint density at radius 1 is 1.06 bits per heavy atom. The zero-order valence-corrected chi connectivity index (χ0v) is 20.1. The van der Waals surface area contributed by atoms with Crippen molar-refractivity contribution in [3.8, 4) is 0 Å². The van der Waals surface area contributed by atoms with E-state index in [0.29, 0.717) is 17.0 Å². The van der Waals surface area contributed by atoms with Crippen LogP contribution in [0.4, 0.5) is 9.52 Å². The van der Waals surface area contributed by atoms with Gasteiger partial charge in [0.1, 0.15) is 16.4 Å². The van der Waals surface area contributed by atoms with Gasteiger partial charge in [-0.25, -0.2) is 4.39 Å². The van der Waals surface area contributed by atoms with Crippen LogP contribution in [0.3, 0.4) is 0 Å². The Kier molecular flexibility index (Phi) is 5.56. The number of hydrogen-bond donors (Lipinski definition) is 0. The van der Waals surface area contributed by atoms with Gasteiger partial charge in [0.25, 0.3) is 5.91 Å². The Balaban J connectivity index is 1.72. The molecule has 5 rings (SSSR count). The van der Waals surface area contributed by atoms with Gasteiger partial charge in [-0.05, 0) is 41.2 Å². The zero-order chi connectivity index (χ0) is 24.1. The first-order chi connectivity index (χ1) is 16.2. The normalized spacial score (nSPS) is 15.7. The summed E-state index contributed by atoms with van der Waals surface area (Å²) in [5.41, 5.74) is 1.84. The van der Waals surface area contributed by atoms with E-state index in [4.69, 9.17) is 4.42 Å². The molecule has 8 heteroatoms. The van der Waals surface area contributed by atoms with Gasteiger partial charge < -0.3 is 4.42 Å². The fraction of sp³-hybridized carbons (Fsp3) is 0.308. The third-order valence-corrected chi connectivity index (χ3v) is 6.94. The van der Waals surface area contributed by atoms with Gasteiger partial charge >= 0.3 is 0 Å². The van der Waals surface area contributed by atoms with Crippen molar-refractivity contribution in [2.75, 3.05) is 4.90 Å². The monoisotopic (exact) mass is 477 g/mol. The van der Waals surface area contributed by atoms with Crippen LogP contribution in [0.2, 0.25) is 0 Å². The van der Waals surface area contributed by atoms with E-state index in [1.54, 1.807) is 0 Å². The van der Waals surface area contributed by atoms with Gasteiger partial charge in [0.15, 0.2) is 5.43 Å². The number of nitrogens with zero attached hydrogens (tertiary/aromatic N) is 3. The van der Waals surface area contributed by atoms with Crippen LogP contribution in [-0.4, -0.2) is 16.1 Å². The van der Waals surface area contributed by atoms with E-state index in [1.165, 1.54) is 28.4 Å². The Labute approximate surface area is 200 Å². The molecule has 0 fully saturated rings. The molecule has 0 saturated carbocycles. The van der Waals surface area contributed by atoms with Gasteiger partial charge in [-0.15, -0.1) is 10.2 Å². The summed E-state index contributed by atoms with van der Waals surface area (Å²) in [4.78, 5) is 28.7. The molecule has 0 bridgehead atoms. The average Bonchev–Trinajstić information content (AvgIpc) is 3.36. The lowest BCUT2D eigenvalue weighted by atomic mass is 9.95. The second-order valence-electron chi connectivity index (χ2n) is 9.29. The number of carbonyl (C=O) groups excluding carboxylic acids is 1. The molecular weight excluding hydrogens is 453 g/mol. The van der Waals surface area contributed by atoms with Gasteiger partial charge in [0.05, 0.1) is 17.0 Å². The van der Waals surface area contributed by atoms with Crippen molar-refractivity contribution in [1.29, 1.82) is 0 Å². The molecule has 0 aliphatic carbocycles. The van der Waals surface area contributed by atoms with Crippen molar-refractivity contribution in [1.82, 2.24) is 10.2 Å². The number of benzene rings is 2. The van der Waals surface area contributed by atoms with Crippen LogP contribution < -0.4 is 10.3 Å². The fourth-order valence-electron chi connectivity index (χ4n) is 4.29. The molecule has 2 aromatic heterocycles. The second-order valence-corrected chi connectivity index (χ2v) is 10.3. The summed E-state index contributed by atoms with van der Waals surface area (Å²) in [5.74, 6) is -0.316. The molecule has 174 valence electrons. The molecule has 1 amide bonds. The number of rotatable bonds is 5. The quantitative estimate of drug-likeness (QED) is 0.360. The maximum atomic E-state index is 14.0. The van der Waals surface area contributed by atoms with Gasteiger partial charge in [-0.2, -0.15) is 0 Å². The molecule has 0 unspecified atom stereocenters. The third-order valence-electron chi connectivity index (χ3n) is 6.00. The zero-order valence-electron chi connectivity index (χ0n) is 19.3. The Morgan fingerprint density at radius 3 is 2.47 bits per heavy atom. The first-order valence-corrected chi connectivity index (χ1v) is 12.1. The standard InChI is InChI=1S/C26H24FN3O3S/c1-13(2)11-20-28-29-26(34-20)30-22(16-7-5-15(6-8-16)14(3)4)21-23(31)18-12-17(27)9-10-19(18)33-24(21)25(30)32/h5-10,12-14,22H,11H2,1-4H3/t22-/m1/s1. The predicted octanol–water partition coefficient (Wildman–Crippen LogP) is 5.86. The molecule has 3 heterocycles. The lowest BCUT2D eigenvalue weighted by Crippen LogP contribution is -2.29. The average molecular weight is 478 g/mol. The molecule has 34 heavy (non-hydrogen) atoms. The predicted molar refractivity (Wildman–Crippen MR) is 130 cm³/mol. The lowest BCUT2D eigenvalue weighted by Gasteiger charge is -2.22. The summed E-state index contributed by atoms with van der Waals surface area (Å²) in [6.45, 7) is 8.37. The molecule has 0 N–H and O–H groups in total. The molecule has 6 nitrogen and oxygen atoms in total. The van der Waals surface area contributed by atoms with Crippen molar-refractivity contribution < 1.29 is 13.6 Å². The minimum Gasteiger partial charge on any atom is -0.450 e. The Morgan fingerprint density at radius 2 is 1.79 bits per heavy atom. The summed E-state index contributed by atoms with van der Waals surface area (Å²) in [7, 11) is 0. The van der Waals surface area contributed by atoms with Crippen molar-refractivity contribution in [3.05, 3.63) is 86.0 Å². The number of hydrogen-bond acceptors (Lipinski definition) is 6. The van der Waals surface area contributed by atoms with E-state index in [0.717, 1.165) is 28.6 Å². The SMILES string of the molecule is CC(C)Cc1nnc(N2C(=O)c3oc4ccc(F)cc4c(=O)c3[C@H]2c2ccc(C(C)C)cc2)s1. The van der Waals surface area contributed by atoms with E-state index in [1.807, 2.05) is 24.3 Å². The molecular formula is C26H24FN3O3S. The Bertz CT molecular complexity index is 1460. The molecule has 1 aliphatic rings. The molecule has 1 atom stereocenters. The summed E-state index contributed by atoms with van der Waals surface area (Å²) < 4.78 is 19.8. The topological polar surface area (TPSA) is 76.3 Å². The number of fused-ring (bicyclic) bond motifs is 2. The van der Waals surface area contributed by atoms with Gasteiger partial charge in [0.2, 0.25) is 10.9 Å². The summed E-state index contributed by atoms with van der Waals surface area (Å²) in [6, 6.07) is 10.8. The van der Waals surface area contributed by atoms with E-state index in [2.05, 4.69) is 37.9 Å². The summed E-state index contributed by atoms with van der Waals surface area (Å²) >= 11 is 1.33. The number of amides is 1. The highest BCUT2D eigenvalue weighted by molar-refractivity contribution is 7.15. The number of halogens is 1. The second kappa shape index (κ2) is 8.43. The third kappa shape index (κ3) is 3.72. The van der Waals surface area contributed by atoms with Crippen LogP contribution in [-0.2, 0) is 6.42 Å². The highest BCUT2D eigenvalue weighted by Gasteiger charge is 2.45. The molecule has 1 aliphatic heterocycles. The first kappa shape index (κ1) is 22.4. The van der Waals surface area contributed by atoms with Crippen molar-refractivity contribution >= 4 is 33.3 Å². The minimum atomic E-state index is -0.743. The van der Waals surface area contributed by atoms with Crippen LogP contribution in [0.5, 0.6) is 0 Å². The van der Waals surface area contributed by atoms with E-state index >= 15 is 0 Å².